The molecule has 0 atom stereocenters. The maximum Gasteiger partial charge on any atom is 0.297 e. The van der Waals surface area contributed by atoms with Crippen LogP contribution in [0.25, 0.3) is 10.2 Å². The molecule has 0 saturated heterocycles. The maximum absolute atomic E-state index is 12.7. The minimum Gasteiger partial charge on any atom is -0.316 e. The van der Waals surface area contributed by atoms with Gasteiger partial charge in [0.2, 0.25) is 0 Å². The van der Waals surface area contributed by atoms with Gasteiger partial charge in [-0.1, -0.05) is 18.3 Å². The summed E-state index contributed by atoms with van der Waals surface area (Å²) >= 11 is 3.29. The number of hydrogen-bond acceptors (Lipinski definition) is 4. The van der Waals surface area contributed by atoms with Crippen LogP contribution in [0.3, 0.4) is 0 Å². The van der Waals surface area contributed by atoms with Crippen molar-refractivity contribution in [2.45, 2.75) is 45.2 Å². The van der Waals surface area contributed by atoms with Crippen molar-refractivity contribution in [3.05, 3.63) is 40.5 Å². The Hall–Kier alpha value is -1.86. The first-order chi connectivity index (χ1) is 12.1. The van der Waals surface area contributed by atoms with E-state index in [1.54, 1.807) is 33.8 Å². The van der Waals surface area contributed by atoms with E-state index in [9.17, 15) is 4.79 Å². The lowest BCUT2D eigenvalue weighted by Gasteiger charge is -2.03. The molecule has 1 amide bonds. The van der Waals surface area contributed by atoms with E-state index < -0.39 is 0 Å². The molecule has 25 heavy (non-hydrogen) atoms. The van der Waals surface area contributed by atoms with E-state index in [2.05, 4.69) is 46.0 Å². The van der Waals surface area contributed by atoms with Crippen molar-refractivity contribution in [3.63, 3.8) is 0 Å². The van der Waals surface area contributed by atoms with Crippen molar-refractivity contribution < 1.29 is 4.79 Å². The highest BCUT2D eigenvalue weighted by molar-refractivity contribution is 7.98. The normalized spacial score (nSPS) is 12.2. The first-order valence-electron chi connectivity index (χ1n) is 8.38. The molecule has 3 rings (SSSR count). The smallest absolute Gasteiger partial charge is 0.297 e. The number of carbonyl (C=O) groups is 1. The Kier molecular flexibility index (Phi) is 5.44. The van der Waals surface area contributed by atoms with Crippen LogP contribution in [0.1, 0.15) is 36.5 Å². The number of carbonyl (C=O) groups excluding carboxylic acids is 1. The first kappa shape index (κ1) is 17.9. The summed E-state index contributed by atoms with van der Waals surface area (Å²) in [6.07, 6.45) is 3.06. The Morgan fingerprint density at radius 3 is 2.80 bits per heavy atom. The topological polar surface area (TPSA) is 52.2 Å². The molecule has 0 N–H and O–H groups in total. The van der Waals surface area contributed by atoms with Gasteiger partial charge in [-0.05, 0) is 50.8 Å². The van der Waals surface area contributed by atoms with Crippen LogP contribution in [0.4, 0.5) is 0 Å². The quantitative estimate of drug-likeness (QED) is 0.632. The van der Waals surface area contributed by atoms with Gasteiger partial charge in [0.05, 0.1) is 15.9 Å². The fourth-order valence-corrected chi connectivity index (χ4v) is 4.42. The van der Waals surface area contributed by atoms with Gasteiger partial charge in [-0.15, -0.1) is 11.8 Å². The predicted molar refractivity (Wildman–Crippen MR) is 104 cm³/mol. The van der Waals surface area contributed by atoms with E-state index in [-0.39, 0.29) is 5.91 Å². The number of fused-ring (bicyclic) bond motifs is 1. The number of rotatable bonds is 5. The van der Waals surface area contributed by atoms with Gasteiger partial charge in [0.1, 0.15) is 5.69 Å². The lowest BCUT2D eigenvalue weighted by atomic mass is 10.3. The van der Waals surface area contributed by atoms with E-state index >= 15 is 0 Å². The summed E-state index contributed by atoms with van der Waals surface area (Å²) < 4.78 is 5.01. The standard InChI is InChI=1S/C18H22N4OS2/c1-5-9-21-14-8-7-13(24-4)11-16(14)25-18(21)19-17(23)15-10-12(3)20-22(15)6-2/h7-8,10-11H,5-6,9H2,1-4H3. The second-order valence-electron chi connectivity index (χ2n) is 5.77. The molecule has 5 nitrogen and oxygen atoms in total. The lowest BCUT2D eigenvalue weighted by molar-refractivity contribution is 0.0987. The Labute approximate surface area is 155 Å². The van der Waals surface area contributed by atoms with Gasteiger partial charge in [0.25, 0.3) is 5.91 Å². The van der Waals surface area contributed by atoms with Crippen LogP contribution in [0.15, 0.2) is 34.2 Å². The van der Waals surface area contributed by atoms with Crippen LogP contribution in [-0.2, 0) is 13.1 Å². The Balaban J connectivity index is 2.14. The van der Waals surface area contributed by atoms with Gasteiger partial charge in [-0.3, -0.25) is 9.48 Å². The van der Waals surface area contributed by atoms with Crippen LogP contribution < -0.4 is 4.80 Å². The van der Waals surface area contributed by atoms with E-state index in [1.165, 1.54) is 4.90 Å². The molecule has 0 aliphatic heterocycles. The molecule has 0 saturated carbocycles. The van der Waals surface area contributed by atoms with Gasteiger partial charge in [0, 0.05) is 18.0 Å². The van der Waals surface area contributed by atoms with Gasteiger partial charge < -0.3 is 4.57 Å². The molecule has 0 aliphatic carbocycles. The Morgan fingerprint density at radius 1 is 1.32 bits per heavy atom. The third-order valence-electron chi connectivity index (χ3n) is 3.96. The molecule has 0 fully saturated rings. The maximum atomic E-state index is 12.7. The summed E-state index contributed by atoms with van der Waals surface area (Å²) in [5.74, 6) is -0.232. The molecule has 0 bridgehead atoms. The molecule has 0 aliphatic rings. The number of hydrogen-bond donors (Lipinski definition) is 0. The number of thioether (sulfide) groups is 1. The van der Waals surface area contributed by atoms with E-state index in [4.69, 9.17) is 0 Å². The zero-order valence-corrected chi connectivity index (χ0v) is 16.6. The van der Waals surface area contributed by atoms with Crippen LogP contribution >= 0.6 is 23.1 Å². The molecule has 2 heterocycles. The molecule has 0 spiro atoms. The van der Waals surface area contributed by atoms with Crippen molar-refractivity contribution >= 4 is 39.2 Å². The summed E-state index contributed by atoms with van der Waals surface area (Å²) in [5, 5.41) is 4.35. The van der Waals surface area contributed by atoms with Gasteiger partial charge >= 0.3 is 0 Å². The largest absolute Gasteiger partial charge is 0.316 e. The Morgan fingerprint density at radius 2 is 2.12 bits per heavy atom. The molecule has 0 radical (unpaired) electrons. The van der Waals surface area contributed by atoms with Crippen molar-refractivity contribution in [3.8, 4) is 0 Å². The molecule has 7 heteroatoms. The number of thiazole rings is 1. The van der Waals surface area contributed by atoms with Crippen molar-refractivity contribution in [1.82, 2.24) is 14.3 Å². The number of benzene rings is 1. The summed E-state index contributed by atoms with van der Waals surface area (Å²) in [5.41, 5.74) is 2.52. The zero-order chi connectivity index (χ0) is 18.0. The molecule has 0 unspecified atom stereocenters. The second-order valence-corrected chi connectivity index (χ2v) is 7.66. The monoisotopic (exact) mass is 374 g/mol. The van der Waals surface area contributed by atoms with Crippen molar-refractivity contribution in [2.75, 3.05) is 6.26 Å². The lowest BCUT2D eigenvalue weighted by Crippen LogP contribution is -2.18. The van der Waals surface area contributed by atoms with E-state index in [0.29, 0.717) is 12.2 Å². The fourth-order valence-electron chi connectivity index (χ4n) is 2.81. The third kappa shape index (κ3) is 3.57. The molecule has 2 aromatic heterocycles. The second kappa shape index (κ2) is 7.58. The molecule has 3 aromatic rings. The summed E-state index contributed by atoms with van der Waals surface area (Å²) in [6.45, 7) is 7.50. The van der Waals surface area contributed by atoms with Crippen LogP contribution in [0.5, 0.6) is 0 Å². The Bertz CT molecular complexity index is 981. The highest BCUT2D eigenvalue weighted by Gasteiger charge is 2.14. The number of aryl methyl sites for hydroxylation is 3. The SMILES string of the molecule is CCCn1c(=NC(=O)c2cc(C)nn2CC)sc2cc(SC)ccc21. The van der Waals surface area contributed by atoms with E-state index in [0.717, 1.165) is 33.7 Å². The first-order valence-corrected chi connectivity index (χ1v) is 10.4. The average Bonchev–Trinajstić information content (AvgIpc) is 3.15. The average molecular weight is 375 g/mol. The summed E-state index contributed by atoms with van der Waals surface area (Å²) in [6, 6.07) is 8.21. The van der Waals surface area contributed by atoms with Gasteiger partial charge in [-0.2, -0.15) is 10.1 Å². The van der Waals surface area contributed by atoms with Gasteiger partial charge in [0.15, 0.2) is 4.80 Å². The van der Waals surface area contributed by atoms with Crippen molar-refractivity contribution in [2.24, 2.45) is 4.99 Å². The molecular formula is C18H22N4OS2. The van der Waals surface area contributed by atoms with Gasteiger partial charge in [-0.25, -0.2) is 0 Å². The van der Waals surface area contributed by atoms with E-state index in [1.807, 2.05) is 13.8 Å². The summed E-state index contributed by atoms with van der Waals surface area (Å²) in [4.78, 5) is 19.1. The minimum atomic E-state index is -0.232. The fraction of sp³-hybridized carbons (Fsp3) is 0.389. The predicted octanol–water partition coefficient (Wildman–Crippen LogP) is 4.10. The molecule has 1 aromatic carbocycles. The summed E-state index contributed by atoms with van der Waals surface area (Å²) in [7, 11) is 0. The van der Waals surface area contributed by atoms with Crippen molar-refractivity contribution in [1.29, 1.82) is 0 Å². The molecular weight excluding hydrogens is 352 g/mol. The van der Waals surface area contributed by atoms with Crippen LogP contribution in [0, 0.1) is 6.92 Å². The van der Waals surface area contributed by atoms with Crippen LogP contribution in [-0.4, -0.2) is 26.5 Å². The third-order valence-corrected chi connectivity index (χ3v) is 5.72. The highest BCUT2D eigenvalue weighted by Crippen LogP contribution is 2.24. The number of aromatic nitrogens is 3. The van der Waals surface area contributed by atoms with Crippen LogP contribution in [0.2, 0.25) is 0 Å². The number of nitrogens with zero attached hydrogens (tertiary/aromatic N) is 4. The number of amides is 1. The zero-order valence-electron chi connectivity index (χ0n) is 14.9. The minimum absolute atomic E-state index is 0.232. The molecule has 132 valence electrons. The highest BCUT2D eigenvalue weighted by atomic mass is 32.2.